The average Bonchev–Trinajstić information content (AvgIpc) is 3.75. The summed E-state index contributed by atoms with van der Waals surface area (Å²) in [4.78, 5) is 10.8. The fourth-order valence-corrected chi connectivity index (χ4v) is 8.81. The van der Waals surface area contributed by atoms with Crippen LogP contribution in [0.4, 0.5) is 0 Å². The van der Waals surface area contributed by atoms with E-state index in [4.69, 9.17) is 9.97 Å². The number of benzene rings is 9. The van der Waals surface area contributed by atoms with Gasteiger partial charge in [-0.2, -0.15) is 0 Å². The molecule has 0 bridgehead atoms. The van der Waals surface area contributed by atoms with E-state index in [9.17, 15) is 0 Å². The van der Waals surface area contributed by atoms with Crippen molar-refractivity contribution in [2.75, 3.05) is 0 Å². The van der Waals surface area contributed by atoms with Crippen molar-refractivity contribution < 1.29 is 0 Å². The molecule has 0 N–H and O–H groups in total. The molecule has 0 aliphatic heterocycles. The Bertz CT molecular complexity index is 3520. The topological polar surface area (TPSA) is 35.6 Å². The first kappa shape index (κ1) is 30.9. The lowest BCUT2D eigenvalue weighted by Crippen LogP contribution is -2.03. The zero-order valence-electron chi connectivity index (χ0n) is 30.3. The van der Waals surface area contributed by atoms with E-state index in [0.717, 1.165) is 44.4 Å². The molecule has 3 heterocycles. The van der Waals surface area contributed by atoms with Gasteiger partial charge >= 0.3 is 0 Å². The molecule has 0 fully saturated rings. The minimum Gasteiger partial charge on any atom is -0.309 e. The maximum Gasteiger partial charge on any atom is 0.235 e. The third-order valence-electron chi connectivity index (χ3n) is 11.5. The predicted octanol–water partition coefficient (Wildman–Crippen LogP) is 13.5. The van der Waals surface area contributed by atoms with Gasteiger partial charge in [-0.1, -0.05) is 140 Å². The van der Waals surface area contributed by atoms with Crippen molar-refractivity contribution in [1.82, 2.24) is 19.1 Å². The van der Waals surface area contributed by atoms with Gasteiger partial charge in [0.25, 0.3) is 0 Å². The van der Waals surface area contributed by atoms with E-state index in [1.165, 1.54) is 59.7 Å². The smallest absolute Gasteiger partial charge is 0.235 e. The van der Waals surface area contributed by atoms with Crippen molar-refractivity contribution in [2.24, 2.45) is 0 Å². The number of hydrogen-bond donors (Lipinski definition) is 0. The van der Waals surface area contributed by atoms with Gasteiger partial charge in [0.05, 0.1) is 33.3 Å². The summed E-state index contributed by atoms with van der Waals surface area (Å²) in [5.41, 5.74) is 10.8. The standard InChI is InChI=1S/C52H32N4/c1-2-16-40(17-3-1)55-47-21-11-9-18-41(47)44-31-45-43-29-37-14-6-7-15-38(37)30-48(43)56(50(45)32-49(44)55)52-53-46-20-10-8-19-42(46)51(54-52)35-25-22-34(23-26-35)39-27-24-33-12-4-5-13-36(33)28-39/h1-32H. The first-order valence-corrected chi connectivity index (χ1v) is 19.1. The van der Waals surface area contributed by atoms with Crippen LogP contribution in [0.3, 0.4) is 0 Å². The van der Waals surface area contributed by atoms with Crippen LogP contribution in [0.25, 0.3) is 110 Å². The van der Waals surface area contributed by atoms with Gasteiger partial charge in [-0.25, -0.2) is 9.97 Å². The first-order valence-electron chi connectivity index (χ1n) is 19.1. The third kappa shape index (κ3) is 4.66. The van der Waals surface area contributed by atoms with Gasteiger partial charge in [-0.3, -0.25) is 4.57 Å². The molecule has 0 saturated heterocycles. The molecule has 0 saturated carbocycles. The molecule has 0 radical (unpaired) electrons. The van der Waals surface area contributed by atoms with Crippen LogP contribution >= 0.6 is 0 Å². The predicted molar refractivity (Wildman–Crippen MR) is 234 cm³/mol. The van der Waals surface area contributed by atoms with Crippen LogP contribution in [0.5, 0.6) is 0 Å². The van der Waals surface area contributed by atoms with Gasteiger partial charge in [0.15, 0.2) is 0 Å². The fourth-order valence-electron chi connectivity index (χ4n) is 8.81. The van der Waals surface area contributed by atoms with E-state index in [0.29, 0.717) is 5.95 Å². The molecule has 0 amide bonds. The summed E-state index contributed by atoms with van der Waals surface area (Å²) in [6.45, 7) is 0. The number of hydrogen-bond acceptors (Lipinski definition) is 2. The highest BCUT2D eigenvalue weighted by Crippen LogP contribution is 2.41. The number of para-hydroxylation sites is 3. The van der Waals surface area contributed by atoms with Crippen molar-refractivity contribution in [1.29, 1.82) is 0 Å². The summed E-state index contributed by atoms with van der Waals surface area (Å²) < 4.78 is 4.66. The summed E-state index contributed by atoms with van der Waals surface area (Å²) >= 11 is 0. The lowest BCUT2D eigenvalue weighted by molar-refractivity contribution is 1.01. The SMILES string of the molecule is c1ccc(-n2c3ccccc3c3cc4c5cc6ccccc6cc5n(-c5nc(-c6ccc(-c7ccc8ccccc8c7)cc6)c6ccccc6n5)c4cc32)cc1. The Morgan fingerprint density at radius 3 is 1.70 bits per heavy atom. The molecule has 0 aliphatic carbocycles. The molecule has 9 aromatic carbocycles. The highest BCUT2D eigenvalue weighted by molar-refractivity contribution is 6.20. The van der Waals surface area contributed by atoms with Crippen LogP contribution < -0.4 is 0 Å². The molecule has 260 valence electrons. The lowest BCUT2D eigenvalue weighted by Gasteiger charge is -2.13. The Morgan fingerprint density at radius 1 is 0.304 bits per heavy atom. The molecule has 0 spiro atoms. The number of nitrogens with zero attached hydrogens (tertiary/aromatic N) is 4. The maximum absolute atomic E-state index is 5.49. The molecule has 12 aromatic rings. The number of rotatable bonds is 4. The van der Waals surface area contributed by atoms with E-state index in [1.54, 1.807) is 0 Å². The van der Waals surface area contributed by atoms with Gasteiger partial charge < -0.3 is 4.57 Å². The monoisotopic (exact) mass is 712 g/mol. The molecule has 3 aromatic heterocycles. The Hall–Kier alpha value is -7.56. The van der Waals surface area contributed by atoms with E-state index >= 15 is 0 Å². The van der Waals surface area contributed by atoms with Crippen molar-refractivity contribution in [3.05, 3.63) is 194 Å². The molecule has 56 heavy (non-hydrogen) atoms. The molecule has 0 unspecified atom stereocenters. The highest BCUT2D eigenvalue weighted by atomic mass is 15.2. The Labute approximate surface area is 322 Å². The molecule has 4 nitrogen and oxygen atoms in total. The van der Waals surface area contributed by atoms with E-state index in [2.05, 4.69) is 203 Å². The van der Waals surface area contributed by atoms with E-state index in [1.807, 2.05) is 0 Å². The summed E-state index contributed by atoms with van der Waals surface area (Å²) in [6.07, 6.45) is 0. The van der Waals surface area contributed by atoms with Crippen molar-refractivity contribution in [2.45, 2.75) is 0 Å². The maximum atomic E-state index is 5.49. The molecule has 12 rings (SSSR count). The molecule has 0 atom stereocenters. The zero-order chi connectivity index (χ0) is 36.7. The molecular weight excluding hydrogens is 681 g/mol. The van der Waals surface area contributed by atoms with E-state index < -0.39 is 0 Å². The summed E-state index contributed by atoms with van der Waals surface area (Å²) in [7, 11) is 0. The average molecular weight is 713 g/mol. The summed E-state index contributed by atoms with van der Waals surface area (Å²) in [5, 5.41) is 10.7. The van der Waals surface area contributed by atoms with Crippen LogP contribution in [0, 0.1) is 0 Å². The second kappa shape index (κ2) is 12.0. The number of aromatic nitrogens is 4. The van der Waals surface area contributed by atoms with Gasteiger partial charge in [0.1, 0.15) is 0 Å². The van der Waals surface area contributed by atoms with Gasteiger partial charge in [0, 0.05) is 38.2 Å². The minimum atomic E-state index is 0.648. The largest absolute Gasteiger partial charge is 0.309 e. The molecule has 4 heteroatoms. The van der Waals surface area contributed by atoms with Gasteiger partial charge in [0.2, 0.25) is 5.95 Å². The minimum absolute atomic E-state index is 0.648. The van der Waals surface area contributed by atoms with Crippen molar-refractivity contribution >= 4 is 76.1 Å². The zero-order valence-corrected chi connectivity index (χ0v) is 30.3. The summed E-state index contributed by atoms with van der Waals surface area (Å²) in [6, 6.07) is 69.7. The normalized spacial score (nSPS) is 11.9. The summed E-state index contributed by atoms with van der Waals surface area (Å²) in [5.74, 6) is 0.648. The van der Waals surface area contributed by atoms with Gasteiger partial charge in [-0.15, -0.1) is 0 Å². The third-order valence-corrected chi connectivity index (χ3v) is 11.5. The lowest BCUT2D eigenvalue weighted by atomic mass is 9.99. The Balaban J connectivity index is 1.13. The van der Waals surface area contributed by atoms with E-state index in [-0.39, 0.29) is 0 Å². The van der Waals surface area contributed by atoms with Crippen molar-refractivity contribution in [3.8, 4) is 34.0 Å². The van der Waals surface area contributed by atoms with Crippen LogP contribution in [0.1, 0.15) is 0 Å². The van der Waals surface area contributed by atoms with Gasteiger partial charge in [-0.05, 0) is 87.3 Å². The number of fused-ring (bicyclic) bond motifs is 9. The second-order valence-electron chi connectivity index (χ2n) is 14.7. The molecule has 0 aliphatic rings. The van der Waals surface area contributed by atoms with Crippen LogP contribution in [0.2, 0.25) is 0 Å². The van der Waals surface area contributed by atoms with Crippen LogP contribution in [-0.2, 0) is 0 Å². The second-order valence-corrected chi connectivity index (χ2v) is 14.7. The Kier molecular flexibility index (Phi) is 6.60. The quantitative estimate of drug-likeness (QED) is 0.182. The molecular formula is C52H32N4. The first-order chi connectivity index (χ1) is 27.7. The Morgan fingerprint density at radius 2 is 0.875 bits per heavy atom. The van der Waals surface area contributed by atoms with Crippen LogP contribution in [0.15, 0.2) is 194 Å². The van der Waals surface area contributed by atoms with Crippen molar-refractivity contribution in [3.63, 3.8) is 0 Å². The highest BCUT2D eigenvalue weighted by Gasteiger charge is 2.21. The fraction of sp³-hybridized carbons (Fsp3) is 0. The van der Waals surface area contributed by atoms with Crippen LogP contribution in [-0.4, -0.2) is 19.1 Å².